The molecule has 1 aliphatic heterocycles. The lowest BCUT2D eigenvalue weighted by molar-refractivity contribution is -0.386. The summed E-state index contributed by atoms with van der Waals surface area (Å²) in [6.07, 6.45) is 1.50. The molecule has 30 heavy (non-hydrogen) atoms. The minimum absolute atomic E-state index is 0.0533. The number of hydrogen-bond acceptors (Lipinski definition) is 6. The van der Waals surface area contributed by atoms with E-state index in [0.29, 0.717) is 22.5 Å². The third-order valence-corrected chi connectivity index (χ3v) is 4.84. The van der Waals surface area contributed by atoms with Crippen molar-refractivity contribution < 1.29 is 19.6 Å². The molecule has 0 saturated carbocycles. The van der Waals surface area contributed by atoms with Gasteiger partial charge in [-0.25, -0.2) is 0 Å². The van der Waals surface area contributed by atoms with E-state index in [1.807, 2.05) is 42.5 Å². The van der Waals surface area contributed by atoms with Crippen LogP contribution in [0.25, 0.3) is 16.8 Å². The number of benzene rings is 3. The molecule has 0 aliphatic carbocycles. The summed E-state index contributed by atoms with van der Waals surface area (Å²) < 4.78 is 5.02. The van der Waals surface area contributed by atoms with Gasteiger partial charge >= 0.3 is 5.69 Å². The molecule has 3 aromatic carbocycles. The normalized spacial score (nSPS) is 15.0. The fraction of sp³-hybridized carbons (Fsp3) is 0.0909. The van der Waals surface area contributed by atoms with Crippen LogP contribution in [0.15, 0.2) is 65.3 Å². The number of nitrogens with zero attached hydrogens (tertiary/aromatic N) is 3. The van der Waals surface area contributed by atoms with Crippen LogP contribution < -0.4 is 9.75 Å². The fourth-order valence-corrected chi connectivity index (χ4v) is 3.33. The van der Waals surface area contributed by atoms with Gasteiger partial charge in [-0.05, 0) is 47.5 Å². The number of nitro benzene ring substituents is 1. The lowest BCUT2D eigenvalue weighted by Crippen LogP contribution is -2.21. The van der Waals surface area contributed by atoms with Gasteiger partial charge in [-0.2, -0.15) is 10.1 Å². The molecule has 0 atom stereocenters. The molecule has 0 radical (unpaired) electrons. The van der Waals surface area contributed by atoms with Crippen LogP contribution in [0.3, 0.4) is 0 Å². The average Bonchev–Trinajstić information content (AvgIpc) is 3.02. The Kier molecular flexibility index (Phi) is 4.67. The van der Waals surface area contributed by atoms with Crippen LogP contribution in [0.1, 0.15) is 12.5 Å². The molecule has 8 nitrogen and oxygen atoms in total. The Bertz CT molecular complexity index is 1260. The topological polar surface area (TPSA) is 105 Å². The van der Waals surface area contributed by atoms with Crippen molar-refractivity contribution in [2.24, 2.45) is 5.10 Å². The summed E-state index contributed by atoms with van der Waals surface area (Å²) in [4.78, 5) is 23.5. The first-order valence-electron chi connectivity index (χ1n) is 9.05. The number of fused-ring (bicyclic) bond motifs is 1. The van der Waals surface area contributed by atoms with Crippen molar-refractivity contribution in [3.8, 4) is 11.5 Å². The predicted octanol–water partition coefficient (Wildman–Crippen LogP) is 4.27. The third kappa shape index (κ3) is 3.24. The number of nitro groups is 1. The maximum Gasteiger partial charge on any atom is 0.315 e. The summed E-state index contributed by atoms with van der Waals surface area (Å²) in [6, 6.07) is 16.0. The first kappa shape index (κ1) is 19.1. The number of amides is 1. The van der Waals surface area contributed by atoms with Crippen LogP contribution in [-0.4, -0.2) is 28.8 Å². The molecule has 0 spiro atoms. The number of phenols is 1. The van der Waals surface area contributed by atoms with E-state index in [1.54, 1.807) is 6.92 Å². The van der Waals surface area contributed by atoms with Crippen molar-refractivity contribution in [3.05, 3.63) is 75.8 Å². The number of hydrogen-bond donors (Lipinski definition) is 1. The molecule has 1 aliphatic rings. The van der Waals surface area contributed by atoms with Gasteiger partial charge in [0.1, 0.15) is 0 Å². The van der Waals surface area contributed by atoms with Gasteiger partial charge in [0.2, 0.25) is 5.75 Å². The largest absolute Gasteiger partial charge is 0.500 e. The number of methoxy groups -OCH3 is 1. The van der Waals surface area contributed by atoms with E-state index in [4.69, 9.17) is 4.74 Å². The molecule has 3 aromatic rings. The van der Waals surface area contributed by atoms with Crippen LogP contribution >= 0.6 is 0 Å². The Hall–Kier alpha value is -4.20. The van der Waals surface area contributed by atoms with E-state index in [9.17, 15) is 20.0 Å². The first-order chi connectivity index (χ1) is 14.4. The van der Waals surface area contributed by atoms with E-state index < -0.39 is 16.4 Å². The Balaban J connectivity index is 1.74. The SMILES string of the molecule is COc1cc(C=C2C(=O)N(c3ccc4ccccc4c3)N=C2C)cc([N+](=O)[O-])c1O. The smallest absolute Gasteiger partial charge is 0.315 e. The van der Waals surface area contributed by atoms with Crippen LogP contribution in [0.5, 0.6) is 11.5 Å². The van der Waals surface area contributed by atoms with Crippen LogP contribution in [-0.2, 0) is 4.79 Å². The van der Waals surface area contributed by atoms with Crippen molar-refractivity contribution in [2.45, 2.75) is 6.92 Å². The number of hydrazone groups is 1. The minimum atomic E-state index is -0.710. The zero-order chi connectivity index (χ0) is 21.4. The zero-order valence-electron chi connectivity index (χ0n) is 16.2. The molecule has 1 heterocycles. The molecule has 0 fully saturated rings. The summed E-state index contributed by atoms with van der Waals surface area (Å²) >= 11 is 0. The highest BCUT2D eigenvalue weighted by Gasteiger charge is 2.29. The van der Waals surface area contributed by atoms with Gasteiger partial charge in [0, 0.05) is 6.07 Å². The van der Waals surface area contributed by atoms with E-state index in [0.717, 1.165) is 10.8 Å². The highest BCUT2D eigenvalue weighted by atomic mass is 16.6. The number of phenolic OH excluding ortho intramolecular Hbond substituents is 1. The molecule has 150 valence electrons. The molecular formula is C22H17N3O5. The van der Waals surface area contributed by atoms with Crippen molar-refractivity contribution in [1.29, 1.82) is 0 Å². The van der Waals surface area contributed by atoms with Gasteiger partial charge in [0.15, 0.2) is 5.75 Å². The standard InChI is InChI=1S/C22H17N3O5/c1-13-18(9-14-10-19(25(28)29)21(26)20(11-14)30-2)22(27)24(23-13)17-8-7-15-5-3-4-6-16(15)12-17/h3-12,26H,1-2H3. The number of carbonyl (C=O) groups is 1. The minimum Gasteiger partial charge on any atom is -0.500 e. The lowest BCUT2D eigenvalue weighted by atomic mass is 10.1. The number of ether oxygens (including phenoxy) is 1. The molecule has 8 heteroatoms. The number of anilines is 1. The van der Waals surface area contributed by atoms with Gasteiger partial charge in [0.05, 0.1) is 29.0 Å². The Morgan fingerprint density at radius 3 is 2.57 bits per heavy atom. The summed E-state index contributed by atoms with van der Waals surface area (Å²) in [7, 11) is 1.30. The third-order valence-electron chi connectivity index (χ3n) is 4.84. The van der Waals surface area contributed by atoms with E-state index in [2.05, 4.69) is 5.10 Å². The lowest BCUT2D eigenvalue weighted by Gasteiger charge is -2.12. The van der Waals surface area contributed by atoms with Crippen molar-refractivity contribution in [1.82, 2.24) is 0 Å². The van der Waals surface area contributed by atoms with E-state index in [1.165, 1.54) is 30.3 Å². The fourth-order valence-electron chi connectivity index (χ4n) is 3.33. The Labute approximate surface area is 171 Å². The molecule has 0 aromatic heterocycles. The average molecular weight is 403 g/mol. The Morgan fingerprint density at radius 2 is 1.87 bits per heavy atom. The monoisotopic (exact) mass is 403 g/mol. The number of carbonyl (C=O) groups excluding carboxylic acids is 1. The van der Waals surface area contributed by atoms with Gasteiger partial charge in [-0.3, -0.25) is 14.9 Å². The molecule has 4 rings (SSSR count). The summed E-state index contributed by atoms with van der Waals surface area (Å²) in [5, 5.41) is 28.9. The van der Waals surface area contributed by atoms with E-state index >= 15 is 0 Å². The molecular weight excluding hydrogens is 386 g/mol. The zero-order valence-corrected chi connectivity index (χ0v) is 16.2. The second-order valence-corrected chi connectivity index (χ2v) is 6.74. The highest BCUT2D eigenvalue weighted by Crippen LogP contribution is 2.38. The molecule has 1 N–H and O–H groups in total. The molecule has 0 unspecified atom stereocenters. The quantitative estimate of drug-likeness (QED) is 0.398. The second kappa shape index (κ2) is 7.32. The van der Waals surface area contributed by atoms with Gasteiger partial charge in [-0.15, -0.1) is 0 Å². The number of rotatable bonds is 4. The maximum atomic E-state index is 13.0. The summed E-state index contributed by atoms with van der Waals surface area (Å²) in [5.41, 5.74) is 1.23. The summed E-state index contributed by atoms with van der Waals surface area (Å²) in [6.45, 7) is 1.69. The molecule has 0 bridgehead atoms. The van der Waals surface area contributed by atoms with Crippen LogP contribution in [0.4, 0.5) is 11.4 Å². The van der Waals surface area contributed by atoms with Crippen molar-refractivity contribution >= 4 is 39.8 Å². The first-order valence-corrected chi connectivity index (χ1v) is 9.05. The maximum absolute atomic E-state index is 13.0. The highest BCUT2D eigenvalue weighted by molar-refractivity contribution is 6.32. The van der Waals surface area contributed by atoms with Crippen molar-refractivity contribution in [3.63, 3.8) is 0 Å². The predicted molar refractivity (Wildman–Crippen MR) is 114 cm³/mol. The molecule has 0 saturated heterocycles. The summed E-state index contributed by atoms with van der Waals surface area (Å²) in [5.74, 6) is -0.967. The van der Waals surface area contributed by atoms with Gasteiger partial charge < -0.3 is 9.84 Å². The molecule has 1 amide bonds. The second-order valence-electron chi connectivity index (χ2n) is 6.74. The van der Waals surface area contributed by atoms with E-state index in [-0.39, 0.29) is 11.7 Å². The van der Waals surface area contributed by atoms with Crippen LogP contribution in [0, 0.1) is 10.1 Å². The number of aromatic hydroxyl groups is 1. The van der Waals surface area contributed by atoms with Gasteiger partial charge in [0.25, 0.3) is 5.91 Å². The van der Waals surface area contributed by atoms with Crippen molar-refractivity contribution in [2.75, 3.05) is 12.1 Å². The van der Waals surface area contributed by atoms with Gasteiger partial charge in [-0.1, -0.05) is 30.3 Å². The Morgan fingerprint density at radius 1 is 1.13 bits per heavy atom. The van der Waals surface area contributed by atoms with Crippen LogP contribution in [0.2, 0.25) is 0 Å².